The summed E-state index contributed by atoms with van der Waals surface area (Å²) in [5, 5.41) is 9.45. The number of hydrogen-bond acceptors (Lipinski definition) is 2. The normalized spacial score (nSPS) is 11.4. The Bertz CT molecular complexity index is 285. The summed E-state index contributed by atoms with van der Waals surface area (Å²) in [7, 11) is 1.62. The molecular weight excluding hydrogens is 168 g/mol. The minimum Gasteiger partial charge on any atom is -0.381 e. The minimum atomic E-state index is -1.33. The van der Waals surface area contributed by atoms with Crippen molar-refractivity contribution in [2.24, 2.45) is 0 Å². The molecule has 13 heavy (non-hydrogen) atoms. The van der Waals surface area contributed by atoms with E-state index in [9.17, 15) is 9.90 Å². The van der Waals surface area contributed by atoms with E-state index >= 15 is 0 Å². The van der Waals surface area contributed by atoms with Gasteiger partial charge in [0.2, 0.25) is 0 Å². The lowest BCUT2D eigenvalue weighted by Gasteiger charge is -2.23. The number of amides is 1. The van der Waals surface area contributed by atoms with E-state index in [0.29, 0.717) is 5.82 Å². The van der Waals surface area contributed by atoms with Gasteiger partial charge in [-0.3, -0.25) is 9.69 Å². The first-order valence-corrected chi connectivity index (χ1v) is 4.07. The summed E-state index contributed by atoms with van der Waals surface area (Å²) in [5.41, 5.74) is -1.33. The Morgan fingerprint density at radius 1 is 1.62 bits per heavy atom. The lowest BCUT2D eigenvalue weighted by molar-refractivity contribution is -0.133. The van der Waals surface area contributed by atoms with Crippen LogP contribution in [0.2, 0.25) is 0 Å². The highest BCUT2D eigenvalue weighted by molar-refractivity contribution is 5.97. The fourth-order valence-corrected chi connectivity index (χ4v) is 1.05. The molecule has 0 radical (unpaired) electrons. The molecule has 0 saturated heterocycles. The Hall–Kier alpha value is -1.29. The molecule has 0 aliphatic heterocycles. The van der Waals surface area contributed by atoms with Gasteiger partial charge in [0.15, 0.2) is 0 Å². The van der Waals surface area contributed by atoms with Crippen LogP contribution in [0, 0.1) is 0 Å². The van der Waals surface area contributed by atoms with E-state index in [4.69, 9.17) is 0 Å². The molecule has 0 aromatic carbocycles. The molecule has 0 aliphatic rings. The number of nitrogens with zero attached hydrogens (tertiary/aromatic N) is 1. The third-order valence-corrected chi connectivity index (χ3v) is 1.77. The maximum absolute atomic E-state index is 11.5. The molecule has 1 aromatic rings. The predicted octanol–water partition coefficient (Wildman–Crippen LogP) is 0.748. The largest absolute Gasteiger partial charge is 0.381 e. The molecule has 0 spiro atoms. The Morgan fingerprint density at radius 3 is 2.62 bits per heavy atom. The summed E-state index contributed by atoms with van der Waals surface area (Å²) >= 11 is 0. The lowest BCUT2D eigenvalue weighted by atomic mass is 10.1. The number of hydrogen-bond donors (Lipinski definition) is 2. The first-order valence-electron chi connectivity index (χ1n) is 4.07. The molecule has 0 atom stereocenters. The van der Waals surface area contributed by atoms with Crippen LogP contribution in [-0.4, -0.2) is 28.6 Å². The van der Waals surface area contributed by atoms with Gasteiger partial charge in [-0.25, -0.2) is 0 Å². The average molecular weight is 182 g/mol. The zero-order chi connectivity index (χ0) is 10.1. The van der Waals surface area contributed by atoms with Crippen LogP contribution in [0.3, 0.4) is 0 Å². The van der Waals surface area contributed by atoms with Crippen molar-refractivity contribution in [3.8, 4) is 0 Å². The number of aromatic nitrogens is 1. The van der Waals surface area contributed by atoms with Crippen molar-refractivity contribution in [1.29, 1.82) is 0 Å². The van der Waals surface area contributed by atoms with Gasteiger partial charge in [-0.05, 0) is 26.0 Å². The van der Waals surface area contributed by atoms with Crippen molar-refractivity contribution in [2.45, 2.75) is 19.4 Å². The van der Waals surface area contributed by atoms with Gasteiger partial charge in [-0.15, -0.1) is 0 Å². The van der Waals surface area contributed by atoms with Gasteiger partial charge in [0.05, 0.1) is 0 Å². The molecule has 0 saturated carbocycles. The number of carbonyl (C=O) groups excluding carboxylic acids is 1. The van der Waals surface area contributed by atoms with Gasteiger partial charge in [0.25, 0.3) is 5.91 Å². The number of carbonyl (C=O) groups is 1. The van der Waals surface area contributed by atoms with Gasteiger partial charge in [-0.2, -0.15) is 0 Å². The molecule has 0 aliphatic carbocycles. The second-order valence-electron chi connectivity index (χ2n) is 3.48. The van der Waals surface area contributed by atoms with Gasteiger partial charge in [0, 0.05) is 13.2 Å². The molecule has 4 nitrogen and oxygen atoms in total. The minimum absolute atomic E-state index is 0.338. The molecule has 0 fully saturated rings. The summed E-state index contributed by atoms with van der Waals surface area (Å²) in [6.45, 7) is 2.93. The monoisotopic (exact) mass is 182 g/mol. The van der Waals surface area contributed by atoms with Crippen molar-refractivity contribution in [3.05, 3.63) is 18.3 Å². The zero-order valence-electron chi connectivity index (χ0n) is 8.03. The number of aliphatic hydroxyl groups is 1. The molecule has 4 heteroatoms. The standard InChI is InChI=1S/C9H14N2O2/c1-9(2,13)8(12)11(3)7-5-4-6-10-7/h4-6,10,13H,1-3H3. The zero-order valence-corrected chi connectivity index (χ0v) is 8.03. The molecule has 72 valence electrons. The van der Waals surface area contributed by atoms with E-state index in [0.717, 1.165) is 0 Å². The van der Waals surface area contributed by atoms with Crippen molar-refractivity contribution in [1.82, 2.24) is 4.98 Å². The molecule has 0 unspecified atom stereocenters. The molecule has 1 heterocycles. The van der Waals surface area contributed by atoms with Gasteiger partial charge < -0.3 is 10.1 Å². The maximum Gasteiger partial charge on any atom is 0.259 e. The van der Waals surface area contributed by atoms with Gasteiger partial charge in [0.1, 0.15) is 11.4 Å². The highest BCUT2D eigenvalue weighted by atomic mass is 16.3. The average Bonchev–Trinajstić information content (AvgIpc) is 2.51. The molecule has 1 amide bonds. The number of rotatable bonds is 2. The van der Waals surface area contributed by atoms with Crippen LogP contribution < -0.4 is 4.90 Å². The first kappa shape index (κ1) is 9.80. The fourth-order valence-electron chi connectivity index (χ4n) is 1.05. The van der Waals surface area contributed by atoms with Crippen LogP contribution in [0.1, 0.15) is 13.8 Å². The first-order chi connectivity index (χ1) is 5.93. The molecule has 1 aromatic heterocycles. The molecular formula is C9H14N2O2. The predicted molar refractivity (Wildman–Crippen MR) is 50.5 cm³/mol. The number of likely N-dealkylation sites (N-methyl/N-ethyl adjacent to an activating group) is 1. The van der Waals surface area contributed by atoms with Gasteiger partial charge >= 0.3 is 0 Å². The SMILES string of the molecule is CN(C(=O)C(C)(C)O)c1ccc[nH]1. The van der Waals surface area contributed by atoms with Crippen molar-refractivity contribution < 1.29 is 9.90 Å². The third kappa shape index (κ3) is 2.09. The van der Waals surface area contributed by atoms with Crippen LogP contribution >= 0.6 is 0 Å². The topological polar surface area (TPSA) is 56.3 Å². The summed E-state index contributed by atoms with van der Waals surface area (Å²) in [6, 6.07) is 3.56. The van der Waals surface area contributed by atoms with E-state index in [-0.39, 0.29) is 5.91 Å². The van der Waals surface area contributed by atoms with Crippen molar-refractivity contribution >= 4 is 11.7 Å². The van der Waals surface area contributed by atoms with Crippen LogP contribution in [0.5, 0.6) is 0 Å². The van der Waals surface area contributed by atoms with Gasteiger partial charge in [-0.1, -0.05) is 0 Å². The van der Waals surface area contributed by atoms with E-state index in [1.165, 1.54) is 18.7 Å². The quantitative estimate of drug-likeness (QED) is 0.709. The summed E-state index contributed by atoms with van der Waals surface area (Å²) < 4.78 is 0. The van der Waals surface area contributed by atoms with E-state index in [1.54, 1.807) is 25.4 Å². The fraction of sp³-hybridized carbons (Fsp3) is 0.444. The van der Waals surface area contributed by atoms with Crippen LogP contribution in [0.4, 0.5) is 5.82 Å². The third-order valence-electron chi connectivity index (χ3n) is 1.77. The van der Waals surface area contributed by atoms with E-state index in [2.05, 4.69) is 4.98 Å². The Balaban J connectivity index is 2.81. The van der Waals surface area contributed by atoms with Crippen LogP contribution in [0.25, 0.3) is 0 Å². The van der Waals surface area contributed by atoms with E-state index < -0.39 is 5.60 Å². The second kappa shape index (κ2) is 3.22. The van der Waals surface area contributed by atoms with Crippen LogP contribution in [0.15, 0.2) is 18.3 Å². The lowest BCUT2D eigenvalue weighted by Crippen LogP contribution is -2.43. The highest BCUT2D eigenvalue weighted by Gasteiger charge is 2.28. The number of aromatic amines is 1. The highest BCUT2D eigenvalue weighted by Crippen LogP contribution is 2.13. The maximum atomic E-state index is 11.5. The Labute approximate surface area is 77.2 Å². The second-order valence-corrected chi connectivity index (χ2v) is 3.48. The molecule has 0 bridgehead atoms. The summed E-state index contributed by atoms with van der Waals surface area (Å²) in [6.07, 6.45) is 1.73. The summed E-state index contributed by atoms with van der Waals surface area (Å²) in [4.78, 5) is 15.8. The van der Waals surface area contributed by atoms with Crippen molar-refractivity contribution in [2.75, 3.05) is 11.9 Å². The Morgan fingerprint density at radius 2 is 2.23 bits per heavy atom. The molecule has 1 rings (SSSR count). The number of nitrogens with one attached hydrogen (secondary N) is 1. The summed E-state index contributed by atoms with van der Waals surface area (Å²) in [5.74, 6) is 0.335. The smallest absolute Gasteiger partial charge is 0.259 e. The number of anilines is 1. The molecule has 2 N–H and O–H groups in total. The van der Waals surface area contributed by atoms with Crippen molar-refractivity contribution in [3.63, 3.8) is 0 Å². The number of H-pyrrole nitrogens is 1. The van der Waals surface area contributed by atoms with E-state index in [1.807, 2.05) is 0 Å². The Kier molecular flexibility index (Phi) is 2.43. The van der Waals surface area contributed by atoms with Crippen LogP contribution in [-0.2, 0) is 4.79 Å².